The number of benzene rings is 1. The second-order valence-corrected chi connectivity index (χ2v) is 5.89. The molecule has 0 saturated carbocycles. The van der Waals surface area contributed by atoms with Crippen molar-refractivity contribution in [3.63, 3.8) is 0 Å². The molecule has 1 saturated heterocycles. The van der Waals surface area contributed by atoms with E-state index in [0.717, 1.165) is 18.4 Å². The summed E-state index contributed by atoms with van der Waals surface area (Å²) in [5, 5.41) is 2.80. The lowest BCUT2D eigenvalue weighted by Crippen LogP contribution is -2.53. The fraction of sp³-hybridized carbons (Fsp3) is 0.529. The molecule has 1 fully saturated rings. The Morgan fingerprint density at radius 2 is 1.87 bits per heavy atom. The molecule has 1 aromatic carbocycles. The molecule has 6 nitrogen and oxygen atoms in total. The van der Waals surface area contributed by atoms with E-state index in [-0.39, 0.29) is 18.4 Å². The molecule has 126 valence electrons. The highest BCUT2D eigenvalue weighted by molar-refractivity contribution is 5.84. The molecule has 1 aromatic rings. The van der Waals surface area contributed by atoms with Gasteiger partial charge < -0.3 is 10.5 Å². The van der Waals surface area contributed by atoms with Gasteiger partial charge in [-0.3, -0.25) is 4.79 Å². The molecule has 1 aliphatic heterocycles. The van der Waals surface area contributed by atoms with Gasteiger partial charge in [0, 0.05) is 13.1 Å². The van der Waals surface area contributed by atoms with E-state index >= 15 is 0 Å². The largest absolute Gasteiger partial charge is 0.443 e. The predicted molar refractivity (Wildman–Crippen MR) is 87.1 cm³/mol. The second kappa shape index (κ2) is 7.97. The van der Waals surface area contributed by atoms with Gasteiger partial charge in [-0.1, -0.05) is 50.6 Å². The first-order chi connectivity index (χ1) is 11.0. The lowest BCUT2D eigenvalue weighted by Gasteiger charge is -2.30. The fourth-order valence-electron chi connectivity index (χ4n) is 2.49. The molecule has 0 bridgehead atoms. The van der Waals surface area contributed by atoms with E-state index in [2.05, 4.69) is 0 Å². The third-order valence-corrected chi connectivity index (χ3v) is 4.24. The highest BCUT2D eigenvalue weighted by atomic mass is 16.6. The van der Waals surface area contributed by atoms with Crippen LogP contribution in [0.3, 0.4) is 0 Å². The number of ether oxygens (including phenoxy) is 1. The molecule has 0 spiro atoms. The zero-order chi connectivity index (χ0) is 16.8. The van der Waals surface area contributed by atoms with E-state index in [1.165, 1.54) is 10.0 Å². The Morgan fingerprint density at radius 1 is 1.22 bits per heavy atom. The summed E-state index contributed by atoms with van der Waals surface area (Å²) in [6.07, 6.45) is 1.05. The first kappa shape index (κ1) is 17.3. The Bertz CT molecular complexity index is 535. The molecular formula is C17H25N3O3. The van der Waals surface area contributed by atoms with E-state index in [4.69, 9.17) is 10.5 Å². The monoisotopic (exact) mass is 319 g/mol. The van der Waals surface area contributed by atoms with Crippen LogP contribution in [0.4, 0.5) is 4.79 Å². The lowest BCUT2D eigenvalue weighted by atomic mass is 9.99. The maximum atomic E-state index is 12.5. The van der Waals surface area contributed by atoms with E-state index in [0.29, 0.717) is 13.1 Å². The van der Waals surface area contributed by atoms with E-state index in [9.17, 15) is 9.59 Å². The van der Waals surface area contributed by atoms with Crippen LogP contribution in [0, 0.1) is 5.92 Å². The topological polar surface area (TPSA) is 75.9 Å². The Kier molecular flexibility index (Phi) is 5.98. The molecule has 2 N–H and O–H groups in total. The van der Waals surface area contributed by atoms with Gasteiger partial charge in [-0.15, -0.1) is 0 Å². The van der Waals surface area contributed by atoms with Crippen LogP contribution >= 0.6 is 0 Å². The van der Waals surface area contributed by atoms with E-state index in [1.54, 1.807) is 0 Å². The van der Waals surface area contributed by atoms with Crippen molar-refractivity contribution in [1.29, 1.82) is 0 Å². The smallest absolute Gasteiger partial charge is 0.429 e. The number of carbonyl (C=O) groups is 2. The normalized spacial score (nSPS) is 17.0. The molecule has 23 heavy (non-hydrogen) atoms. The van der Waals surface area contributed by atoms with E-state index < -0.39 is 12.1 Å². The highest BCUT2D eigenvalue weighted by Gasteiger charge is 2.35. The van der Waals surface area contributed by atoms with Crippen molar-refractivity contribution in [2.45, 2.75) is 39.3 Å². The summed E-state index contributed by atoms with van der Waals surface area (Å²) in [6.45, 7) is 5.11. The fourth-order valence-corrected chi connectivity index (χ4v) is 2.49. The summed E-state index contributed by atoms with van der Waals surface area (Å²) in [5.41, 5.74) is 6.92. The molecule has 2 atom stereocenters. The zero-order valence-corrected chi connectivity index (χ0v) is 13.8. The summed E-state index contributed by atoms with van der Waals surface area (Å²) < 4.78 is 5.31. The summed E-state index contributed by atoms with van der Waals surface area (Å²) in [5.74, 6) is -0.140. The van der Waals surface area contributed by atoms with Gasteiger partial charge in [0.05, 0.1) is 6.04 Å². The van der Waals surface area contributed by atoms with Gasteiger partial charge >= 0.3 is 6.09 Å². The molecule has 2 rings (SSSR count). The van der Waals surface area contributed by atoms with Crippen molar-refractivity contribution in [3.05, 3.63) is 35.9 Å². The maximum absolute atomic E-state index is 12.5. The van der Waals surface area contributed by atoms with Crippen molar-refractivity contribution < 1.29 is 14.3 Å². The van der Waals surface area contributed by atoms with Crippen LogP contribution in [0.2, 0.25) is 0 Å². The number of carbonyl (C=O) groups excluding carboxylic acids is 2. The average molecular weight is 319 g/mol. The molecule has 0 aromatic heterocycles. The standard InChI is InChI=1S/C17H25N3O3/c1-3-13(2)15(18)16(21)19-10-7-11-20(19)17(22)23-12-14-8-5-4-6-9-14/h4-6,8-9,13,15H,3,7,10-12,18H2,1-2H3/t13?,15-/m0/s1. The molecule has 1 heterocycles. The van der Waals surface area contributed by atoms with Crippen LogP contribution in [-0.4, -0.2) is 41.1 Å². The molecule has 0 aliphatic carbocycles. The first-order valence-electron chi connectivity index (χ1n) is 8.09. The lowest BCUT2D eigenvalue weighted by molar-refractivity contribution is -0.144. The maximum Gasteiger partial charge on any atom is 0.429 e. The van der Waals surface area contributed by atoms with Gasteiger partial charge in [0.2, 0.25) is 0 Å². The summed E-state index contributed by atoms with van der Waals surface area (Å²) in [4.78, 5) is 24.8. The van der Waals surface area contributed by atoms with Gasteiger partial charge in [0.15, 0.2) is 0 Å². The SMILES string of the molecule is CCC(C)[C@H](N)C(=O)N1CCCN1C(=O)OCc1ccccc1. The number of amides is 2. The Morgan fingerprint density at radius 3 is 2.52 bits per heavy atom. The molecule has 0 radical (unpaired) electrons. The van der Waals surface area contributed by atoms with Crippen molar-refractivity contribution in [3.8, 4) is 0 Å². The average Bonchev–Trinajstić information content (AvgIpc) is 3.08. The highest BCUT2D eigenvalue weighted by Crippen LogP contribution is 2.17. The number of rotatable bonds is 5. The number of hydrogen-bond donors (Lipinski definition) is 1. The number of hydrazine groups is 1. The van der Waals surface area contributed by atoms with Gasteiger partial charge in [-0.2, -0.15) is 0 Å². The van der Waals surface area contributed by atoms with Crippen LogP contribution in [0.1, 0.15) is 32.3 Å². The van der Waals surface area contributed by atoms with Crippen molar-refractivity contribution in [2.75, 3.05) is 13.1 Å². The van der Waals surface area contributed by atoms with Gasteiger partial charge in [0.25, 0.3) is 5.91 Å². The number of nitrogens with zero attached hydrogens (tertiary/aromatic N) is 2. The third-order valence-electron chi connectivity index (χ3n) is 4.24. The molecule has 1 aliphatic rings. The third kappa shape index (κ3) is 4.22. The summed E-state index contributed by atoms with van der Waals surface area (Å²) in [7, 11) is 0. The minimum atomic E-state index is -0.595. The summed E-state index contributed by atoms with van der Waals surface area (Å²) >= 11 is 0. The molecule has 2 amide bonds. The number of nitrogens with two attached hydrogens (primary N) is 1. The Balaban J connectivity index is 1.95. The zero-order valence-electron chi connectivity index (χ0n) is 13.8. The van der Waals surface area contributed by atoms with Crippen LogP contribution in [0.25, 0.3) is 0 Å². The van der Waals surface area contributed by atoms with Gasteiger partial charge in [-0.05, 0) is 17.9 Å². The quantitative estimate of drug-likeness (QED) is 0.902. The molecule has 6 heteroatoms. The molecular weight excluding hydrogens is 294 g/mol. The van der Waals surface area contributed by atoms with Crippen LogP contribution < -0.4 is 5.73 Å². The summed E-state index contributed by atoms with van der Waals surface area (Å²) in [6, 6.07) is 8.86. The van der Waals surface area contributed by atoms with Crippen molar-refractivity contribution in [1.82, 2.24) is 10.0 Å². The number of hydrogen-bond acceptors (Lipinski definition) is 4. The van der Waals surface area contributed by atoms with Crippen LogP contribution in [0.15, 0.2) is 30.3 Å². The van der Waals surface area contributed by atoms with Crippen LogP contribution in [0.5, 0.6) is 0 Å². The van der Waals surface area contributed by atoms with Crippen LogP contribution in [-0.2, 0) is 16.1 Å². The minimum Gasteiger partial charge on any atom is -0.443 e. The van der Waals surface area contributed by atoms with Crippen molar-refractivity contribution >= 4 is 12.0 Å². The predicted octanol–water partition coefficient (Wildman–Crippen LogP) is 2.15. The minimum absolute atomic E-state index is 0.0743. The second-order valence-electron chi connectivity index (χ2n) is 5.89. The van der Waals surface area contributed by atoms with E-state index in [1.807, 2.05) is 44.2 Å². The Hall–Kier alpha value is -2.08. The van der Waals surface area contributed by atoms with Gasteiger partial charge in [-0.25, -0.2) is 14.8 Å². The molecule has 1 unspecified atom stereocenters. The first-order valence-corrected chi connectivity index (χ1v) is 8.09. The van der Waals surface area contributed by atoms with Crippen molar-refractivity contribution in [2.24, 2.45) is 11.7 Å². The Labute approximate surface area is 137 Å². The van der Waals surface area contributed by atoms with Gasteiger partial charge in [0.1, 0.15) is 6.61 Å².